The molecule has 2 rings (SSSR count). The maximum atomic E-state index is 11.5. The van der Waals surface area contributed by atoms with E-state index in [9.17, 15) is 30.1 Å². The van der Waals surface area contributed by atoms with Crippen LogP contribution in [0.3, 0.4) is 0 Å². The highest BCUT2D eigenvalue weighted by molar-refractivity contribution is 5.88. The number of benzene rings is 2. The van der Waals surface area contributed by atoms with Gasteiger partial charge in [-0.05, 0) is 36.6 Å². The Bertz CT molecular complexity index is 911. The summed E-state index contributed by atoms with van der Waals surface area (Å²) in [6.45, 7) is 2.54. The van der Waals surface area contributed by atoms with Gasteiger partial charge < -0.3 is 15.7 Å². The van der Waals surface area contributed by atoms with Gasteiger partial charge in [0.15, 0.2) is 5.69 Å². The van der Waals surface area contributed by atoms with E-state index in [2.05, 4.69) is 10.6 Å². The lowest BCUT2D eigenvalue weighted by molar-refractivity contribution is -0.392. The Morgan fingerprint density at radius 3 is 2.29 bits per heavy atom. The molecule has 0 saturated heterocycles. The number of aliphatic hydroxyl groups excluding tert-OH is 1. The van der Waals surface area contributed by atoms with Crippen molar-refractivity contribution in [3.05, 3.63) is 67.3 Å². The molecule has 0 aliphatic carbocycles. The van der Waals surface area contributed by atoms with Gasteiger partial charge in [0.2, 0.25) is 5.91 Å². The molecule has 0 aromatic heterocycles. The van der Waals surface area contributed by atoms with Gasteiger partial charge in [-0.15, -0.1) is 0 Å². The average molecular weight is 388 g/mol. The fourth-order valence-corrected chi connectivity index (χ4v) is 2.81. The lowest BCUT2D eigenvalue weighted by Crippen LogP contribution is -2.11. The summed E-state index contributed by atoms with van der Waals surface area (Å²) < 4.78 is 0. The van der Waals surface area contributed by atoms with Gasteiger partial charge in [-0.1, -0.05) is 12.1 Å². The molecule has 10 heteroatoms. The molecule has 0 radical (unpaired) electrons. The predicted molar refractivity (Wildman–Crippen MR) is 103 cm³/mol. The molecule has 0 heterocycles. The summed E-state index contributed by atoms with van der Waals surface area (Å²) in [4.78, 5) is 32.5. The van der Waals surface area contributed by atoms with Crippen molar-refractivity contribution in [2.45, 2.75) is 26.9 Å². The number of rotatable bonds is 8. The first kappa shape index (κ1) is 20.8. The van der Waals surface area contributed by atoms with Crippen LogP contribution in [-0.4, -0.2) is 27.4 Å². The topological polar surface area (TPSA) is 148 Å². The van der Waals surface area contributed by atoms with Crippen molar-refractivity contribution in [2.24, 2.45) is 0 Å². The van der Waals surface area contributed by atoms with E-state index in [4.69, 9.17) is 0 Å². The minimum absolute atomic E-state index is 0.137. The summed E-state index contributed by atoms with van der Waals surface area (Å²) in [5.41, 5.74) is 0.792. The molecule has 2 aromatic carbocycles. The van der Waals surface area contributed by atoms with E-state index < -0.39 is 27.8 Å². The second kappa shape index (κ2) is 8.91. The molecule has 3 N–H and O–H groups in total. The normalized spacial score (nSPS) is 10.4. The molecular formula is C18H20N4O6. The average Bonchev–Trinajstić information content (AvgIpc) is 2.62. The summed E-state index contributed by atoms with van der Waals surface area (Å²) >= 11 is 0. The van der Waals surface area contributed by atoms with Crippen LogP contribution in [0, 0.1) is 27.2 Å². The number of amides is 1. The van der Waals surface area contributed by atoms with E-state index in [-0.39, 0.29) is 29.3 Å². The van der Waals surface area contributed by atoms with Crippen LogP contribution in [0.25, 0.3) is 0 Å². The van der Waals surface area contributed by atoms with Crippen LogP contribution in [0.15, 0.2) is 30.3 Å². The molecule has 28 heavy (non-hydrogen) atoms. The number of nitrogens with zero attached hydrogens (tertiary/aromatic N) is 2. The van der Waals surface area contributed by atoms with Gasteiger partial charge in [0.1, 0.15) is 0 Å². The number of aliphatic hydroxyl groups is 1. The maximum absolute atomic E-state index is 11.5. The van der Waals surface area contributed by atoms with Gasteiger partial charge in [0, 0.05) is 30.8 Å². The van der Waals surface area contributed by atoms with Crippen LogP contribution >= 0.6 is 0 Å². The second-order valence-corrected chi connectivity index (χ2v) is 6.13. The number of hydrogen-bond acceptors (Lipinski definition) is 7. The third-order valence-electron chi connectivity index (χ3n) is 4.18. The molecular weight excluding hydrogens is 368 g/mol. The van der Waals surface area contributed by atoms with Crippen molar-refractivity contribution >= 4 is 28.7 Å². The zero-order valence-electron chi connectivity index (χ0n) is 15.4. The first-order chi connectivity index (χ1) is 13.2. The smallest absolute Gasteiger partial charge is 0.302 e. The molecule has 0 spiro atoms. The molecule has 2 aromatic rings. The standard InChI is InChI=1S/C18H20N4O6/c1-11-14(10-23)9-16(21(25)26)17(18(11)22(27)28)19-8-7-13-3-5-15(6-4-13)20-12(2)24/h3-6,9,19,23H,7-8,10H2,1-2H3,(H,20,24). The molecule has 148 valence electrons. The van der Waals surface area contributed by atoms with E-state index in [1.54, 1.807) is 24.3 Å². The van der Waals surface area contributed by atoms with Gasteiger partial charge in [-0.25, -0.2) is 0 Å². The van der Waals surface area contributed by atoms with Gasteiger partial charge in [0.05, 0.1) is 16.5 Å². The number of carbonyl (C=O) groups excluding carboxylic acids is 1. The zero-order valence-corrected chi connectivity index (χ0v) is 15.4. The fraction of sp³-hybridized carbons (Fsp3) is 0.278. The largest absolute Gasteiger partial charge is 0.392 e. The highest BCUT2D eigenvalue weighted by atomic mass is 16.6. The Kier molecular flexibility index (Phi) is 6.61. The third kappa shape index (κ3) is 4.80. The third-order valence-corrected chi connectivity index (χ3v) is 4.18. The summed E-state index contributed by atoms with van der Waals surface area (Å²) in [5.74, 6) is -0.185. The Morgan fingerprint density at radius 1 is 1.14 bits per heavy atom. The molecule has 10 nitrogen and oxygen atoms in total. The SMILES string of the molecule is CC(=O)Nc1ccc(CCNc2c([N+](=O)[O-])cc(CO)c(C)c2[N+](=O)[O-])cc1. The quantitative estimate of drug-likeness (QED) is 0.465. The van der Waals surface area contributed by atoms with E-state index in [1.165, 1.54) is 13.8 Å². The van der Waals surface area contributed by atoms with E-state index in [0.717, 1.165) is 11.6 Å². The predicted octanol–water partition coefficient (Wildman–Crippen LogP) is 2.92. The number of hydrogen-bond donors (Lipinski definition) is 3. The van der Waals surface area contributed by atoms with Crippen molar-refractivity contribution in [2.75, 3.05) is 17.2 Å². The van der Waals surface area contributed by atoms with Gasteiger partial charge in [-0.2, -0.15) is 0 Å². The van der Waals surface area contributed by atoms with Crippen LogP contribution in [0.4, 0.5) is 22.7 Å². The van der Waals surface area contributed by atoms with E-state index in [0.29, 0.717) is 12.1 Å². The Hall–Kier alpha value is -3.53. The van der Waals surface area contributed by atoms with Crippen LogP contribution in [0.1, 0.15) is 23.6 Å². The van der Waals surface area contributed by atoms with Gasteiger partial charge in [0.25, 0.3) is 5.69 Å². The van der Waals surface area contributed by atoms with Crippen molar-refractivity contribution in [3.8, 4) is 0 Å². The Labute approximate surface area is 160 Å². The first-order valence-corrected chi connectivity index (χ1v) is 8.41. The highest BCUT2D eigenvalue weighted by Crippen LogP contribution is 2.39. The van der Waals surface area contributed by atoms with Crippen LogP contribution in [-0.2, 0) is 17.8 Å². The number of nitro groups is 2. The molecule has 0 aliphatic heterocycles. The number of carbonyl (C=O) groups is 1. The second-order valence-electron chi connectivity index (χ2n) is 6.13. The lowest BCUT2D eigenvalue weighted by atomic mass is 10.0. The summed E-state index contributed by atoms with van der Waals surface area (Å²) in [7, 11) is 0. The Morgan fingerprint density at radius 2 is 1.79 bits per heavy atom. The maximum Gasteiger partial charge on any atom is 0.302 e. The summed E-state index contributed by atoms with van der Waals surface area (Å²) in [6.07, 6.45) is 0.454. The summed E-state index contributed by atoms with van der Waals surface area (Å²) in [6, 6.07) is 8.17. The number of anilines is 2. The minimum Gasteiger partial charge on any atom is -0.392 e. The van der Waals surface area contributed by atoms with Crippen molar-refractivity contribution in [1.82, 2.24) is 0 Å². The zero-order chi connectivity index (χ0) is 20.8. The number of nitro benzene ring substituents is 2. The van der Waals surface area contributed by atoms with Crippen molar-refractivity contribution < 1.29 is 19.7 Å². The fourth-order valence-electron chi connectivity index (χ4n) is 2.81. The first-order valence-electron chi connectivity index (χ1n) is 8.41. The van der Waals surface area contributed by atoms with Crippen molar-refractivity contribution in [1.29, 1.82) is 0 Å². The van der Waals surface area contributed by atoms with Crippen LogP contribution in [0.5, 0.6) is 0 Å². The highest BCUT2D eigenvalue weighted by Gasteiger charge is 2.29. The molecule has 0 atom stereocenters. The van der Waals surface area contributed by atoms with Crippen LogP contribution < -0.4 is 10.6 Å². The van der Waals surface area contributed by atoms with E-state index in [1.807, 2.05) is 0 Å². The van der Waals surface area contributed by atoms with Crippen molar-refractivity contribution in [3.63, 3.8) is 0 Å². The minimum atomic E-state index is -0.712. The summed E-state index contributed by atoms with van der Waals surface area (Å²) in [5, 5.41) is 37.6. The molecule has 0 bridgehead atoms. The monoisotopic (exact) mass is 388 g/mol. The Balaban J connectivity index is 2.23. The molecule has 0 fully saturated rings. The number of nitrogens with one attached hydrogen (secondary N) is 2. The lowest BCUT2D eigenvalue weighted by Gasteiger charge is -2.12. The van der Waals surface area contributed by atoms with Gasteiger partial charge >= 0.3 is 5.69 Å². The molecule has 1 amide bonds. The molecule has 0 aliphatic rings. The molecule has 0 unspecified atom stereocenters. The van der Waals surface area contributed by atoms with Crippen LogP contribution in [0.2, 0.25) is 0 Å². The van der Waals surface area contributed by atoms with E-state index >= 15 is 0 Å². The molecule has 0 saturated carbocycles. The van der Waals surface area contributed by atoms with Gasteiger partial charge in [-0.3, -0.25) is 25.0 Å².